The van der Waals surface area contributed by atoms with Gasteiger partial charge in [-0.3, -0.25) is 4.79 Å². The van der Waals surface area contributed by atoms with Crippen LogP contribution in [0.4, 0.5) is 4.39 Å². The van der Waals surface area contributed by atoms with Crippen LogP contribution >= 0.6 is 0 Å². The highest BCUT2D eigenvalue weighted by atomic mass is 19.1. The first-order chi connectivity index (χ1) is 17.0. The Labute approximate surface area is 201 Å². The molecule has 0 saturated carbocycles. The smallest absolute Gasteiger partial charge is 0.306 e. The van der Waals surface area contributed by atoms with Crippen molar-refractivity contribution >= 4 is 5.97 Å². The van der Waals surface area contributed by atoms with Crippen LogP contribution in [0.25, 0.3) is 0 Å². The summed E-state index contributed by atoms with van der Waals surface area (Å²) in [7, 11) is 1.36. The molecule has 35 heavy (non-hydrogen) atoms. The van der Waals surface area contributed by atoms with E-state index in [4.69, 9.17) is 18.9 Å². The van der Waals surface area contributed by atoms with Crippen molar-refractivity contribution in [3.8, 4) is 34.8 Å². The van der Waals surface area contributed by atoms with Gasteiger partial charge in [-0.25, -0.2) is 4.39 Å². The Hall–Kier alpha value is -4.25. The van der Waals surface area contributed by atoms with E-state index in [1.54, 1.807) is 12.1 Å². The molecule has 1 aliphatic heterocycles. The number of phenolic OH excluding ortho intramolecular Hbond substituents is 1. The number of hydrogen-bond acceptors (Lipinski definition) is 7. The fourth-order valence-electron chi connectivity index (χ4n) is 4.61. The SMILES string of the molecule is COC(=O)CC1COc2cc(OC3CCc4c(Oc5cc(O)ccc5C#N)ccc(F)c43)ccc21. The molecule has 178 valence electrons. The van der Waals surface area contributed by atoms with Crippen molar-refractivity contribution in [1.29, 1.82) is 5.26 Å². The number of rotatable bonds is 6. The van der Waals surface area contributed by atoms with Gasteiger partial charge in [0, 0.05) is 34.7 Å². The maximum Gasteiger partial charge on any atom is 0.306 e. The summed E-state index contributed by atoms with van der Waals surface area (Å²) in [5.41, 5.74) is 2.25. The molecular weight excluding hydrogens is 453 g/mol. The van der Waals surface area contributed by atoms with Gasteiger partial charge in [0.15, 0.2) is 0 Å². The van der Waals surface area contributed by atoms with Crippen LogP contribution in [0.15, 0.2) is 48.5 Å². The van der Waals surface area contributed by atoms with Crippen molar-refractivity contribution in [2.75, 3.05) is 13.7 Å². The zero-order valence-corrected chi connectivity index (χ0v) is 18.9. The number of phenols is 1. The summed E-state index contributed by atoms with van der Waals surface area (Å²) < 4.78 is 37.5. The van der Waals surface area contributed by atoms with E-state index in [0.717, 1.165) is 5.56 Å². The highest BCUT2D eigenvalue weighted by molar-refractivity contribution is 5.71. The average Bonchev–Trinajstić information content (AvgIpc) is 3.46. The number of carbonyl (C=O) groups excluding carboxylic acids is 1. The van der Waals surface area contributed by atoms with Crippen molar-refractivity contribution < 1.29 is 33.2 Å². The van der Waals surface area contributed by atoms with Crippen molar-refractivity contribution in [3.63, 3.8) is 0 Å². The standard InChI is InChI=1S/C27H22FNO6/c1-32-26(31)10-16-14-33-25-12-18(4-5-19(16)25)34-23-8-6-20-22(9-7-21(28)27(20)23)35-24-11-17(30)3-2-15(24)13-29/h2-5,7,9,11-12,16,23,30H,6,8,10,14H2,1H3. The number of halogens is 1. The number of esters is 1. The zero-order valence-electron chi connectivity index (χ0n) is 18.9. The van der Waals surface area contributed by atoms with E-state index in [0.29, 0.717) is 47.8 Å². The molecule has 0 amide bonds. The second-order valence-electron chi connectivity index (χ2n) is 8.47. The largest absolute Gasteiger partial charge is 0.508 e. The number of benzene rings is 3. The Morgan fingerprint density at radius 1 is 1.20 bits per heavy atom. The summed E-state index contributed by atoms with van der Waals surface area (Å²) in [6.07, 6.45) is 0.774. The molecule has 1 heterocycles. The molecule has 1 N–H and O–H groups in total. The molecule has 0 aromatic heterocycles. The zero-order chi connectivity index (χ0) is 24.5. The summed E-state index contributed by atoms with van der Waals surface area (Å²) in [4.78, 5) is 11.6. The molecule has 5 rings (SSSR count). The monoisotopic (exact) mass is 475 g/mol. The Morgan fingerprint density at radius 2 is 2.06 bits per heavy atom. The van der Waals surface area contributed by atoms with E-state index in [1.165, 1.54) is 37.4 Å². The number of nitrogens with zero attached hydrogens (tertiary/aromatic N) is 1. The van der Waals surface area contributed by atoms with Gasteiger partial charge in [-0.05, 0) is 43.2 Å². The van der Waals surface area contributed by atoms with Crippen LogP contribution in [0.2, 0.25) is 0 Å². The molecule has 8 heteroatoms. The van der Waals surface area contributed by atoms with Crippen LogP contribution in [0.1, 0.15) is 47.1 Å². The van der Waals surface area contributed by atoms with Gasteiger partial charge in [-0.2, -0.15) is 5.26 Å². The number of carbonyl (C=O) groups is 1. The van der Waals surface area contributed by atoms with Gasteiger partial charge >= 0.3 is 5.97 Å². The summed E-state index contributed by atoms with van der Waals surface area (Å²) in [5.74, 6) is 0.974. The van der Waals surface area contributed by atoms with Crippen molar-refractivity contribution in [3.05, 3.63) is 76.6 Å². The Morgan fingerprint density at radius 3 is 2.86 bits per heavy atom. The maximum absolute atomic E-state index is 14.9. The van der Waals surface area contributed by atoms with E-state index in [-0.39, 0.29) is 35.4 Å². The van der Waals surface area contributed by atoms with Gasteiger partial charge in [0.1, 0.15) is 46.7 Å². The number of aromatic hydroxyl groups is 1. The molecule has 0 saturated heterocycles. The molecule has 2 atom stereocenters. The van der Waals surface area contributed by atoms with Crippen molar-refractivity contribution in [2.24, 2.45) is 0 Å². The lowest BCUT2D eigenvalue weighted by molar-refractivity contribution is -0.141. The topological polar surface area (TPSA) is 98.0 Å². The Kier molecular flexibility index (Phi) is 5.91. The van der Waals surface area contributed by atoms with Gasteiger partial charge in [0.05, 0.1) is 25.7 Å². The molecule has 0 fully saturated rings. The summed E-state index contributed by atoms with van der Waals surface area (Å²) in [6, 6.07) is 14.5. The quantitative estimate of drug-likeness (QED) is 0.483. The maximum atomic E-state index is 14.9. The second-order valence-corrected chi connectivity index (χ2v) is 8.47. The van der Waals surface area contributed by atoms with E-state index >= 15 is 0 Å². The van der Waals surface area contributed by atoms with E-state index < -0.39 is 11.9 Å². The number of nitriles is 1. The van der Waals surface area contributed by atoms with Crippen LogP contribution in [0.3, 0.4) is 0 Å². The molecule has 7 nitrogen and oxygen atoms in total. The lowest BCUT2D eigenvalue weighted by Crippen LogP contribution is -2.09. The van der Waals surface area contributed by atoms with Crippen molar-refractivity contribution in [1.82, 2.24) is 0 Å². The van der Waals surface area contributed by atoms with E-state index in [2.05, 4.69) is 0 Å². The molecular formula is C27H22FNO6. The first kappa shape index (κ1) is 22.5. The van der Waals surface area contributed by atoms with Crippen LogP contribution < -0.4 is 14.2 Å². The van der Waals surface area contributed by atoms with Gasteiger partial charge in [0.25, 0.3) is 0 Å². The molecule has 2 aliphatic rings. The van der Waals surface area contributed by atoms with Gasteiger partial charge in [-0.1, -0.05) is 6.07 Å². The normalized spacial score (nSPS) is 17.6. The van der Waals surface area contributed by atoms with E-state index in [9.17, 15) is 19.6 Å². The van der Waals surface area contributed by atoms with Crippen LogP contribution in [0, 0.1) is 17.1 Å². The molecule has 2 unspecified atom stereocenters. The first-order valence-corrected chi connectivity index (χ1v) is 11.2. The summed E-state index contributed by atoms with van der Waals surface area (Å²) in [6.45, 7) is 0.384. The van der Waals surface area contributed by atoms with E-state index in [1.807, 2.05) is 12.1 Å². The fraction of sp³-hybridized carbons (Fsp3) is 0.259. The van der Waals surface area contributed by atoms with Crippen molar-refractivity contribution in [2.45, 2.75) is 31.3 Å². The highest BCUT2D eigenvalue weighted by Gasteiger charge is 2.32. The van der Waals surface area contributed by atoms with Crippen LogP contribution in [0.5, 0.6) is 28.7 Å². The Balaban J connectivity index is 1.38. The third kappa shape index (κ3) is 4.33. The summed E-state index contributed by atoms with van der Waals surface area (Å²) in [5, 5.41) is 19.1. The molecule has 3 aromatic rings. The number of fused-ring (bicyclic) bond motifs is 2. The second kappa shape index (κ2) is 9.18. The third-order valence-electron chi connectivity index (χ3n) is 6.33. The van der Waals surface area contributed by atoms with Crippen LogP contribution in [-0.2, 0) is 16.0 Å². The lowest BCUT2D eigenvalue weighted by atomic mass is 9.98. The Bertz CT molecular complexity index is 1350. The predicted molar refractivity (Wildman–Crippen MR) is 122 cm³/mol. The number of hydrogen-bond donors (Lipinski definition) is 1. The van der Waals surface area contributed by atoms with Gasteiger partial charge < -0.3 is 24.1 Å². The molecule has 1 aliphatic carbocycles. The fourth-order valence-corrected chi connectivity index (χ4v) is 4.61. The van der Waals surface area contributed by atoms with Crippen LogP contribution in [-0.4, -0.2) is 24.8 Å². The minimum atomic E-state index is -0.529. The third-order valence-corrected chi connectivity index (χ3v) is 6.33. The first-order valence-electron chi connectivity index (χ1n) is 11.2. The lowest BCUT2D eigenvalue weighted by Gasteiger charge is -2.17. The predicted octanol–water partition coefficient (Wildman–Crippen LogP) is 5.30. The average molecular weight is 475 g/mol. The van der Waals surface area contributed by atoms with Gasteiger partial charge in [0.2, 0.25) is 0 Å². The number of ether oxygens (including phenoxy) is 4. The van der Waals surface area contributed by atoms with Gasteiger partial charge in [-0.15, -0.1) is 0 Å². The molecule has 0 radical (unpaired) electrons. The molecule has 0 bridgehead atoms. The molecule has 3 aromatic carbocycles. The summed E-state index contributed by atoms with van der Waals surface area (Å²) >= 11 is 0. The minimum absolute atomic E-state index is 0.0355. The highest BCUT2D eigenvalue weighted by Crippen LogP contribution is 2.44. The molecule has 0 spiro atoms. The number of methoxy groups -OCH3 is 1. The minimum Gasteiger partial charge on any atom is -0.508 e.